The number of rotatable bonds is 3. The minimum absolute atomic E-state index is 0.640. The number of aromatic nitrogens is 4. The van der Waals surface area contributed by atoms with Crippen LogP contribution in [0.1, 0.15) is 12.7 Å². The fourth-order valence-electron chi connectivity index (χ4n) is 1.23. The van der Waals surface area contributed by atoms with E-state index in [4.69, 9.17) is 0 Å². The van der Waals surface area contributed by atoms with Crippen molar-refractivity contribution in [2.24, 2.45) is 4.99 Å². The van der Waals surface area contributed by atoms with E-state index in [1.807, 2.05) is 32.2 Å². The van der Waals surface area contributed by atoms with Gasteiger partial charge in [0.05, 0.1) is 5.71 Å². The van der Waals surface area contributed by atoms with Crippen molar-refractivity contribution in [1.29, 1.82) is 0 Å². The summed E-state index contributed by atoms with van der Waals surface area (Å²) in [7, 11) is 1.82. The SMILES string of the molecule is CNc1cccc(N=C(C)c2ncn[nH]2)n1. The van der Waals surface area contributed by atoms with Crippen LogP contribution in [0.2, 0.25) is 0 Å². The Morgan fingerprint density at radius 3 is 3.00 bits per heavy atom. The van der Waals surface area contributed by atoms with Gasteiger partial charge in [0, 0.05) is 7.05 Å². The normalized spacial score (nSPS) is 11.5. The Bertz CT molecular complexity index is 488. The van der Waals surface area contributed by atoms with Gasteiger partial charge in [0.15, 0.2) is 11.6 Å². The second kappa shape index (κ2) is 4.52. The van der Waals surface area contributed by atoms with Crippen LogP contribution in [0.4, 0.5) is 11.6 Å². The lowest BCUT2D eigenvalue weighted by Crippen LogP contribution is -1.98. The van der Waals surface area contributed by atoms with Crippen LogP contribution >= 0.6 is 0 Å². The van der Waals surface area contributed by atoms with Gasteiger partial charge in [-0.05, 0) is 19.1 Å². The lowest BCUT2D eigenvalue weighted by molar-refractivity contribution is 1.07. The van der Waals surface area contributed by atoms with E-state index in [9.17, 15) is 0 Å². The molecule has 0 saturated carbocycles. The first kappa shape index (κ1) is 10.3. The third-order valence-corrected chi connectivity index (χ3v) is 2.03. The lowest BCUT2D eigenvalue weighted by atomic mass is 10.4. The molecule has 2 N–H and O–H groups in total. The van der Waals surface area contributed by atoms with Crippen LogP contribution in [0, 0.1) is 0 Å². The van der Waals surface area contributed by atoms with Crippen LogP contribution in [-0.4, -0.2) is 32.9 Å². The molecule has 0 bridgehead atoms. The predicted octanol–water partition coefficient (Wildman–Crippen LogP) is 1.38. The van der Waals surface area contributed by atoms with Crippen molar-refractivity contribution in [2.45, 2.75) is 6.92 Å². The molecule has 16 heavy (non-hydrogen) atoms. The first-order valence-electron chi connectivity index (χ1n) is 4.85. The summed E-state index contributed by atoms with van der Waals surface area (Å²) in [4.78, 5) is 12.6. The standard InChI is InChI=1S/C10H12N6/c1-7(10-12-6-13-16-10)14-9-5-3-4-8(11-2)15-9/h3-6H,1-2H3,(H,11,15)(H,12,13,16). The van der Waals surface area contributed by atoms with Crippen molar-refractivity contribution in [3.63, 3.8) is 0 Å². The Morgan fingerprint density at radius 2 is 2.31 bits per heavy atom. The number of hydrogen-bond donors (Lipinski definition) is 2. The topological polar surface area (TPSA) is 78.9 Å². The van der Waals surface area contributed by atoms with Gasteiger partial charge in [-0.25, -0.2) is 15.0 Å². The molecule has 0 aliphatic carbocycles. The van der Waals surface area contributed by atoms with Gasteiger partial charge in [-0.3, -0.25) is 5.10 Å². The van der Waals surface area contributed by atoms with Crippen LogP contribution < -0.4 is 5.32 Å². The molecule has 2 aromatic rings. The van der Waals surface area contributed by atoms with Crippen LogP contribution in [0.25, 0.3) is 0 Å². The summed E-state index contributed by atoms with van der Waals surface area (Å²) in [6, 6.07) is 5.61. The first-order chi connectivity index (χ1) is 7.79. The van der Waals surface area contributed by atoms with E-state index in [0.717, 1.165) is 11.5 Å². The minimum atomic E-state index is 0.640. The van der Waals surface area contributed by atoms with E-state index in [-0.39, 0.29) is 0 Å². The Balaban J connectivity index is 2.28. The van der Waals surface area contributed by atoms with Crippen LogP contribution in [0.3, 0.4) is 0 Å². The fourth-order valence-corrected chi connectivity index (χ4v) is 1.23. The molecule has 0 aliphatic heterocycles. The van der Waals surface area contributed by atoms with Crippen molar-refractivity contribution < 1.29 is 0 Å². The molecule has 0 radical (unpaired) electrons. The molecular weight excluding hydrogens is 204 g/mol. The number of nitrogens with zero attached hydrogens (tertiary/aromatic N) is 4. The maximum absolute atomic E-state index is 4.34. The van der Waals surface area contributed by atoms with E-state index in [0.29, 0.717) is 11.6 Å². The van der Waals surface area contributed by atoms with Crippen molar-refractivity contribution in [3.05, 3.63) is 30.4 Å². The second-order valence-electron chi connectivity index (χ2n) is 3.16. The Morgan fingerprint density at radius 1 is 1.44 bits per heavy atom. The zero-order valence-electron chi connectivity index (χ0n) is 9.10. The Labute approximate surface area is 92.9 Å². The summed E-state index contributed by atoms with van der Waals surface area (Å²) >= 11 is 0. The quantitative estimate of drug-likeness (QED) is 0.760. The number of aromatic amines is 1. The fraction of sp³-hybridized carbons (Fsp3) is 0.200. The largest absolute Gasteiger partial charge is 0.373 e. The molecule has 0 saturated heterocycles. The lowest BCUT2D eigenvalue weighted by Gasteiger charge is -2.00. The summed E-state index contributed by atoms with van der Waals surface area (Å²) in [5.41, 5.74) is 0.748. The monoisotopic (exact) mass is 216 g/mol. The number of H-pyrrole nitrogens is 1. The molecule has 0 unspecified atom stereocenters. The molecule has 0 atom stereocenters. The van der Waals surface area contributed by atoms with Crippen molar-refractivity contribution >= 4 is 17.3 Å². The highest BCUT2D eigenvalue weighted by molar-refractivity contribution is 5.96. The van der Waals surface area contributed by atoms with Gasteiger partial charge >= 0.3 is 0 Å². The van der Waals surface area contributed by atoms with E-state index in [2.05, 4.69) is 30.5 Å². The zero-order valence-corrected chi connectivity index (χ0v) is 9.10. The molecule has 0 aliphatic rings. The Hall–Kier alpha value is -2.24. The summed E-state index contributed by atoms with van der Waals surface area (Å²) in [5, 5.41) is 9.48. The van der Waals surface area contributed by atoms with Crippen LogP contribution in [-0.2, 0) is 0 Å². The average Bonchev–Trinajstić information content (AvgIpc) is 2.83. The van der Waals surface area contributed by atoms with E-state index >= 15 is 0 Å². The number of aliphatic imine (C=N–C) groups is 1. The third-order valence-electron chi connectivity index (χ3n) is 2.03. The van der Waals surface area contributed by atoms with E-state index < -0.39 is 0 Å². The molecule has 82 valence electrons. The number of nitrogens with one attached hydrogen (secondary N) is 2. The molecule has 6 nitrogen and oxygen atoms in total. The number of pyridine rings is 1. The Kier molecular flexibility index (Phi) is 2.90. The molecule has 0 aromatic carbocycles. The van der Waals surface area contributed by atoms with Gasteiger partial charge in [-0.2, -0.15) is 5.10 Å². The molecule has 0 amide bonds. The highest BCUT2D eigenvalue weighted by Crippen LogP contribution is 2.12. The molecule has 0 spiro atoms. The second-order valence-corrected chi connectivity index (χ2v) is 3.16. The summed E-state index contributed by atoms with van der Waals surface area (Å²) < 4.78 is 0. The van der Waals surface area contributed by atoms with Gasteiger partial charge in [-0.1, -0.05) is 6.07 Å². The van der Waals surface area contributed by atoms with Crippen LogP contribution in [0.5, 0.6) is 0 Å². The summed E-state index contributed by atoms with van der Waals surface area (Å²) in [6.45, 7) is 1.86. The minimum Gasteiger partial charge on any atom is -0.373 e. The molecule has 6 heteroatoms. The molecule has 2 heterocycles. The van der Waals surface area contributed by atoms with Crippen LogP contribution in [0.15, 0.2) is 29.5 Å². The smallest absolute Gasteiger partial charge is 0.169 e. The van der Waals surface area contributed by atoms with Crippen molar-refractivity contribution in [3.8, 4) is 0 Å². The van der Waals surface area contributed by atoms with Crippen molar-refractivity contribution in [1.82, 2.24) is 20.2 Å². The summed E-state index contributed by atoms with van der Waals surface area (Å²) in [6.07, 6.45) is 1.45. The maximum Gasteiger partial charge on any atom is 0.169 e. The van der Waals surface area contributed by atoms with Gasteiger partial charge in [0.25, 0.3) is 0 Å². The predicted molar refractivity (Wildman–Crippen MR) is 62.0 cm³/mol. The van der Waals surface area contributed by atoms with Gasteiger partial charge in [-0.15, -0.1) is 0 Å². The van der Waals surface area contributed by atoms with Gasteiger partial charge < -0.3 is 5.32 Å². The molecule has 2 aromatic heterocycles. The van der Waals surface area contributed by atoms with Gasteiger partial charge in [0.2, 0.25) is 0 Å². The molecule has 0 fully saturated rings. The number of anilines is 1. The maximum atomic E-state index is 4.34. The van der Waals surface area contributed by atoms with Gasteiger partial charge in [0.1, 0.15) is 12.1 Å². The third kappa shape index (κ3) is 2.22. The highest BCUT2D eigenvalue weighted by atomic mass is 15.2. The van der Waals surface area contributed by atoms with Crippen molar-refractivity contribution in [2.75, 3.05) is 12.4 Å². The molecule has 2 rings (SSSR count). The first-order valence-corrected chi connectivity index (χ1v) is 4.85. The summed E-state index contributed by atoms with van der Waals surface area (Å²) in [5.74, 6) is 2.07. The molecular formula is C10H12N6. The van der Waals surface area contributed by atoms with E-state index in [1.165, 1.54) is 6.33 Å². The van der Waals surface area contributed by atoms with E-state index in [1.54, 1.807) is 0 Å². The highest BCUT2D eigenvalue weighted by Gasteiger charge is 2.01. The number of hydrogen-bond acceptors (Lipinski definition) is 5. The average molecular weight is 216 g/mol. The zero-order chi connectivity index (χ0) is 11.4.